The third-order valence-corrected chi connectivity index (χ3v) is 7.48. The van der Waals surface area contributed by atoms with Crippen LogP contribution in [0, 0.1) is 6.92 Å². The van der Waals surface area contributed by atoms with E-state index in [0.717, 1.165) is 66.1 Å². The first-order chi connectivity index (χ1) is 17.6. The fourth-order valence-electron chi connectivity index (χ4n) is 4.37. The minimum atomic E-state index is -0.0727. The predicted octanol–water partition coefficient (Wildman–Crippen LogP) is 4.75. The molecule has 4 aromatic rings. The third-order valence-electron chi connectivity index (χ3n) is 6.35. The molecular weight excluding hydrogens is 494 g/mol. The summed E-state index contributed by atoms with van der Waals surface area (Å²) in [5.41, 5.74) is 5.38. The number of ether oxygens (including phenoxy) is 1. The number of carbonyl (C=O) groups excluding carboxylic acids is 1. The van der Waals surface area contributed by atoms with Crippen molar-refractivity contribution in [1.29, 1.82) is 0 Å². The minimum Gasteiger partial charge on any atom is -0.379 e. The summed E-state index contributed by atoms with van der Waals surface area (Å²) in [7, 11) is 0. The monoisotopic (exact) mass is 521 g/mol. The van der Waals surface area contributed by atoms with Gasteiger partial charge in [-0.2, -0.15) is 0 Å². The number of benzene rings is 1. The Morgan fingerprint density at radius 1 is 1.17 bits per heavy atom. The minimum absolute atomic E-state index is 0.0727. The van der Waals surface area contributed by atoms with Crippen LogP contribution in [0.4, 0.5) is 0 Å². The maximum Gasteiger partial charge on any atom is 0.253 e. The van der Waals surface area contributed by atoms with Gasteiger partial charge < -0.3 is 14.6 Å². The summed E-state index contributed by atoms with van der Waals surface area (Å²) in [6, 6.07) is 13.7. The number of thiazole rings is 1. The van der Waals surface area contributed by atoms with E-state index < -0.39 is 0 Å². The van der Waals surface area contributed by atoms with Gasteiger partial charge in [0.05, 0.1) is 30.2 Å². The van der Waals surface area contributed by atoms with Crippen molar-refractivity contribution in [3.8, 4) is 22.0 Å². The van der Waals surface area contributed by atoms with Crippen molar-refractivity contribution in [2.24, 2.45) is 0 Å². The van der Waals surface area contributed by atoms with E-state index in [9.17, 15) is 4.79 Å². The van der Waals surface area contributed by atoms with Crippen molar-refractivity contribution in [3.05, 3.63) is 82.1 Å². The molecule has 1 aromatic carbocycles. The number of nitrogens with one attached hydrogen (secondary N) is 1. The molecule has 36 heavy (non-hydrogen) atoms. The number of pyridine rings is 1. The number of nitrogens with zero attached hydrogens (tertiary/aromatic N) is 4. The Morgan fingerprint density at radius 3 is 2.75 bits per heavy atom. The lowest BCUT2D eigenvalue weighted by Crippen LogP contribution is -2.41. The van der Waals surface area contributed by atoms with Gasteiger partial charge in [0.15, 0.2) is 0 Å². The van der Waals surface area contributed by atoms with E-state index in [2.05, 4.69) is 19.8 Å². The van der Waals surface area contributed by atoms with Crippen LogP contribution in [0.2, 0.25) is 5.02 Å². The van der Waals surface area contributed by atoms with Gasteiger partial charge in [-0.1, -0.05) is 23.7 Å². The number of hydrogen-bond acceptors (Lipinski definition) is 6. The Kier molecular flexibility index (Phi) is 7.77. The Labute approximate surface area is 219 Å². The molecule has 1 aliphatic heterocycles. The molecule has 9 heteroatoms. The molecule has 186 valence electrons. The summed E-state index contributed by atoms with van der Waals surface area (Å²) in [5, 5.41) is 6.75. The molecule has 0 atom stereocenters. The first-order valence-electron chi connectivity index (χ1n) is 12.0. The van der Waals surface area contributed by atoms with Gasteiger partial charge in [-0.05, 0) is 42.8 Å². The lowest BCUT2D eigenvalue weighted by atomic mass is 10.2. The first-order valence-corrected chi connectivity index (χ1v) is 13.2. The zero-order valence-corrected chi connectivity index (χ0v) is 21.7. The van der Waals surface area contributed by atoms with Crippen LogP contribution in [0.25, 0.3) is 22.0 Å². The van der Waals surface area contributed by atoms with E-state index in [1.807, 2.05) is 54.8 Å². The van der Waals surface area contributed by atoms with Crippen molar-refractivity contribution in [1.82, 2.24) is 24.8 Å². The fraction of sp³-hybridized carbons (Fsp3) is 0.296. The maximum absolute atomic E-state index is 13.2. The molecule has 0 unspecified atom stereocenters. The molecule has 1 aliphatic rings. The van der Waals surface area contributed by atoms with Crippen LogP contribution in [0.3, 0.4) is 0 Å². The van der Waals surface area contributed by atoms with Gasteiger partial charge in [-0.15, -0.1) is 11.3 Å². The summed E-state index contributed by atoms with van der Waals surface area (Å²) >= 11 is 7.83. The number of amides is 1. The molecule has 0 spiro atoms. The lowest BCUT2D eigenvalue weighted by molar-refractivity contribution is 0.0383. The van der Waals surface area contributed by atoms with Crippen LogP contribution in [0.1, 0.15) is 21.6 Å². The predicted molar refractivity (Wildman–Crippen MR) is 144 cm³/mol. The Morgan fingerprint density at radius 2 is 1.97 bits per heavy atom. The van der Waals surface area contributed by atoms with E-state index in [4.69, 9.17) is 21.3 Å². The smallest absolute Gasteiger partial charge is 0.253 e. The molecule has 5 rings (SSSR count). The second-order valence-electron chi connectivity index (χ2n) is 8.73. The molecule has 1 amide bonds. The van der Waals surface area contributed by atoms with E-state index >= 15 is 0 Å². The summed E-state index contributed by atoms with van der Waals surface area (Å²) in [6.07, 6.45) is 3.53. The van der Waals surface area contributed by atoms with Gasteiger partial charge in [0.25, 0.3) is 5.91 Å². The van der Waals surface area contributed by atoms with E-state index in [1.54, 1.807) is 23.7 Å². The average molecular weight is 522 g/mol. The Hall–Kier alpha value is -3.04. The van der Waals surface area contributed by atoms with Crippen LogP contribution in [-0.2, 0) is 11.3 Å². The normalized spacial score (nSPS) is 14.2. The second-order valence-corrected chi connectivity index (χ2v) is 10.0. The molecule has 1 N–H and O–H groups in total. The fourth-order valence-corrected chi connectivity index (χ4v) is 5.41. The van der Waals surface area contributed by atoms with E-state index in [1.165, 1.54) is 0 Å². The summed E-state index contributed by atoms with van der Waals surface area (Å²) in [6.45, 7) is 7.28. The molecule has 0 bridgehead atoms. The number of carbonyl (C=O) groups is 1. The SMILES string of the molecule is Cc1c(C(=O)NCCN2CCOCC2)cc(-c2csc(-c3ccncc3)n2)n1Cc1cccc(Cl)c1. The van der Waals surface area contributed by atoms with E-state index in [0.29, 0.717) is 23.7 Å². The first kappa shape index (κ1) is 24.6. The molecule has 1 fully saturated rings. The molecule has 0 saturated carbocycles. The lowest BCUT2D eigenvalue weighted by Gasteiger charge is -2.26. The van der Waals surface area contributed by atoms with Crippen LogP contribution >= 0.6 is 22.9 Å². The molecule has 7 nitrogen and oxygen atoms in total. The van der Waals surface area contributed by atoms with E-state index in [-0.39, 0.29) is 5.91 Å². The summed E-state index contributed by atoms with van der Waals surface area (Å²) in [4.78, 5) is 24.5. The van der Waals surface area contributed by atoms with Gasteiger partial charge in [0.2, 0.25) is 0 Å². The van der Waals surface area contributed by atoms with Crippen molar-refractivity contribution < 1.29 is 9.53 Å². The van der Waals surface area contributed by atoms with Gasteiger partial charge in [-0.25, -0.2) is 4.98 Å². The summed E-state index contributed by atoms with van der Waals surface area (Å²) < 4.78 is 7.55. The van der Waals surface area contributed by atoms with Crippen molar-refractivity contribution in [2.75, 3.05) is 39.4 Å². The molecule has 1 saturated heterocycles. The number of halogens is 1. The number of morpholine rings is 1. The van der Waals surface area contributed by atoms with Crippen molar-refractivity contribution >= 4 is 28.8 Å². The average Bonchev–Trinajstić information content (AvgIpc) is 3.51. The molecule has 4 heterocycles. The Bertz CT molecular complexity index is 1330. The Balaban J connectivity index is 1.42. The van der Waals surface area contributed by atoms with Gasteiger partial charge in [0.1, 0.15) is 5.01 Å². The molecule has 0 aliphatic carbocycles. The van der Waals surface area contributed by atoms with Crippen LogP contribution in [-0.4, -0.2) is 64.7 Å². The van der Waals surface area contributed by atoms with Gasteiger partial charge in [-0.3, -0.25) is 14.7 Å². The van der Waals surface area contributed by atoms with Crippen molar-refractivity contribution in [2.45, 2.75) is 13.5 Å². The molecule has 3 aromatic heterocycles. The highest BCUT2D eigenvalue weighted by molar-refractivity contribution is 7.13. The number of hydrogen-bond donors (Lipinski definition) is 1. The van der Waals surface area contributed by atoms with Gasteiger partial charge in [0, 0.05) is 66.8 Å². The summed E-state index contributed by atoms with van der Waals surface area (Å²) in [5.74, 6) is -0.0727. The standard InChI is InChI=1S/C27H28ClN5O2S/c1-19-23(26(34)30-9-10-32-11-13-35-14-12-32)16-25(33(19)17-20-3-2-4-22(28)15-20)24-18-36-27(31-24)21-5-7-29-8-6-21/h2-8,15-16,18H,9-14,17H2,1H3,(H,30,34). The molecule has 0 radical (unpaired) electrons. The van der Waals surface area contributed by atoms with Crippen molar-refractivity contribution in [3.63, 3.8) is 0 Å². The third kappa shape index (κ3) is 5.68. The number of rotatable bonds is 8. The molecular formula is C27H28ClN5O2S. The van der Waals surface area contributed by atoms with Crippen LogP contribution in [0.15, 0.2) is 60.2 Å². The van der Waals surface area contributed by atoms with Crippen LogP contribution < -0.4 is 5.32 Å². The largest absolute Gasteiger partial charge is 0.379 e. The zero-order chi connectivity index (χ0) is 24.9. The maximum atomic E-state index is 13.2. The quantitative estimate of drug-likeness (QED) is 0.362. The highest BCUT2D eigenvalue weighted by Gasteiger charge is 2.21. The van der Waals surface area contributed by atoms with Gasteiger partial charge >= 0.3 is 0 Å². The highest BCUT2D eigenvalue weighted by Crippen LogP contribution is 2.32. The highest BCUT2D eigenvalue weighted by atomic mass is 35.5. The van der Waals surface area contributed by atoms with Crippen LogP contribution in [0.5, 0.6) is 0 Å². The number of aromatic nitrogens is 3. The second kappa shape index (κ2) is 11.3. The zero-order valence-electron chi connectivity index (χ0n) is 20.1. The topological polar surface area (TPSA) is 72.3 Å².